The maximum atomic E-state index is 11.7. The van der Waals surface area contributed by atoms with Crippen LogP contribution < -0.4 is 11.2 Å². The zero-order chi connectivity index (χ0) is 13.5. The number of rotatable bonds is 4. The summed E-state index contributed by atoms with van der Waals surface area (Å²) in [6.45, 7) is 1.97. The molecule has 0 aliphatic carbocycles. The van der Waals surface area contributed by atoms with Crippen LogP contribution in [0.4, 0.5) is 0 Å². The summed E-state index contributed by atoms with van der Waals surface area (Å²) in [7, 11) is 1.33. The molecule has 0 heterocycles. The maximum absolute atomic E-state index is 11.7. The number of methoxy groups -OCH3 is 1. The molecule has 0 aliphatic heterocycles. The van der Waals surface area contributed by atoms with Gasteiger partial charge in [-0.3, -0.25) is 10.2 Å². The van der Waals surface area contributed by atoms with Crippen LogP contribution in [0.25, 0.3) is 0 Å². The number of esters is 1. The van der Waals surface area contributed by atoms with Gasteiger partial charge < -0.3 is 10.5 Å². The largest absolute Gasteiger partial charge is 0.468 e. The van der Waals surface area contributed by atoms with Crippen LogP contribution in [0.2, 0.25) is 0 Å². The van der Waals surface area contributed by atoms with Crippen molar-refractivity contribution in [2.75, 3.05) is 7.11 Å². The molecule has 0 fully saturated rings. The van der Waals surface area contributed by atoms with E-state index in [2.05, 4.69) is 22.7 Å². The monoisotopic (exact) mass is 265 g/mol. The highest BCUT2D eigenvalue weighted by Crippen LogP contribution is 2.16. The number of aryl methyl sites for hydroxylation is 1. The lowest BCUT2D eigenvalue weighted by Crippen LogP contribution is -2.25. The lowest BCUT2D eigenvalue weighted by Gasteiger charge is -2.10. The molecule has 1 aromatic carbocycles. The van der Waals surface area contributed by atoms with Crippen LogP contribution in [0.5, 0.6) is 0 Å². The molecule has 3 N–H and O–H groups in total. The first-order valence-electron chi connectivity index (χ1n) is 5.27. The molecule has 6 heteroatoms. The van der Waals surface area contributed by atoms with E-state index in [9.17, 15) is 4.79 Å². The molecule has 1 aromatic rings. The summed E-state index contributed by atoms with van der Waals surface area (Å²) >= 11 is 4.61. The Bertz CT molecular complexity index is 457. The smallest absolute Gasteiger partial charge is 0.318 e. The molecule has 0 amide bonds. The first-order valence-corrected chi connectivity index (χ1v) is 5.68. The number of nitrogens with one attached hydrogen (secondary N) is 1. The minimum absolute atomic E-state index is 0.0405. The highest BCUT2D eigenvalue weighted by atomic mass is 32.1. The number of carbonyl (C=O) groups is 1. The predicted octanol–water partition coefficient (Wildman–Crippen LogP) is 1.07. The molecule has 0 saturated carbocycles. The van der Waals surface area contributed by atoms with Crippen molar-refractivity contribution in [2.45, 2.75) is 12.8 Å². The second-order valence-electron chi connectivity index (χ2n) is 3.67. The van der Waals surface area contributed by atoms with Crippen molar-refractivity contribution < 1.29 is 9.53 Å². The van der Waals surface area contributed by atoms with Crippen molar-refractivity contribution >= 4 is 29.5 Å². The van der Waals surface area contributed by atoms with Gasteiger partial charge in [0.25, 0.3) is 0 Å². The number of hydrogen-bond donors (Lipinski definition) is 2. The Morgan fingerprint density at radius 3 is 2.61 bits per heavy atom. The van der Waals surface area contributed by atoms with Crippen molar-refractivity contribution in [3.8, 4) is 0 Å². The highest BCUT2D eigenvalue weighted by Gasteiger charge is 2.19. The molecular formula is C12H15N3O2S. The van der Waals surface area contributed by atoms with Gasteiger partial charge in [0, 0.05) is 6.21 Å². The van der Waals surface area contributed by atoms with Gasteiger partial charge in [-0.05, 0) is 24.7 Å². The van der Waals surface area contributed by atoms with Gasteiger partial charge in [-0.25, -0.2) is 0 Å². The van der Waals surface area contributed by atoms with E-state index in [1.165, 1.54) is 13.3 Å². The molecule has 0 spiro atoms. The number of ether oxygens (including phenoxy) is 1. The van der Waals surface area contributed by atoms with Crippen LogP contribution in [0.3, 0.4) is 0 Å². The van der Waals surface area contributed by atoms with Gasteiger partial charge in [0.2, 0.25) is 0 Å². The molecule has 0 bridgehead atoms. The first kappa shape index (κ1) is 14.1. The van der Waals surface area contributed by atoms with Crippen LogP contribution >= 0.6 is 12.2 Å². The van der Waals surface area contributed by atoms with E-state index in [4.69, 9.17) is 10.5 Å². The predicted molar refractivity (Wildman–Crippen MR) is 74.3 cm³/mol. The SMILES string of the molecule is COC(=O)C(/C=N/NC(N)=S)c1ccc(C)cc1. The average molecular weight is 265 g/mol. The number of nitrogens with zero attached hydrogens (tertiary/aromatic N) is 1. The van der Waals surface area contributed by atoms with Crippen molar-refractivity contribution in [3.63, 3.8) is 0 Å². The quantitative estimate of drug-likeness (QED) is 0.368. The van der Waals surface area contributed by atoms with Crippen molar-refractivity contribution in [1.82, 2.24) is 5.43 Å². The van der Waals surface area contributed by atoms with Crippen LogP contribution in [0.1, 0.15) is 17.0 Å². The lowest BCUT2D eigenvalue weighted by molar-refractivity contribution is -0.140. The van der Waals surface area contributed by atoms with E-state index in [1.807, 2.05) is 31.2 Å². The summed E-state index contributed by atoms with van der Waals surface area (Å²) < 4.78 is 4.73. The number of benzene rings is 1. The van der Waals surface area contributed by atoms with Gasteiger partial charge in [-0.2, -0.15) is 5.10 Å². The number of carbonyl (C=O) groups excluding carboxylic acids is 1. The fourth-order valence-electron chi connectivity index (χ4n) is 1.36. The minimum Gasteiger partial charge on any atom is -0.468 e. The first-order chi connectivity index (χ1) is 8.54. The molecular weight excluding hydrogens is 250 g/mol. The summed E-state index contributed by atoms with van der Waals surface area (Å²) in [6, 6.07) is 7.54. The van der Waals surface area contributed by atoms with Gasteiger partial charge in [-0.1, -0.05) is 29.8 Å². The lowest BCUT2D eigenvalue weighted by atomic mass is 9.99. The summed E-state index contributed by atoms with van der Waals surface area (Å²) in [5, 5.41) is 3.84. The Morgan fingerprint density at radius 1 is 1.50 bits per heavy atom. The third-order valence-corrected chi connectivity index (χ3v) is 2.38. The van der Waals surface area contributed by atoms with E-state index >= 15 is 0 Å². The standard InChI is InChI=1S/C12H15N3O2S/c1-8-3-5-9(6-4-8)10(11(16)17-2)7-14-15-12(13)18/h3-7,10H,1-2H3,(H3,13,15,18)/b14-7+. The third kappa shape index (κ3) is 4.14. The molecule has 5 nitrogen and oxygen atoms in total. The number of thiocarbonyl (C=S) groups is 1. The summed E-state index contributed by atoms with van der Waals surface area (Å²) in [5.74, 6) is -0.982. The van der Waals surface area contributed by atoms with Crippen LogP contribution in [0.15, 0.2) is 29.4 Å². The molecule has 18 heavy (non-hydrogen) atoms. The van der Waals surface area contributed by atoms with Crippen LogP contribution in [-0.4, -0.2) is 24.4 Å². The van der Waals surface area contributed by atoms with Gasteiger partial charge in [0.1, 0.15) is 5.92 Å². The third-order valence-electron chi connectivity index (χ3n) is 2.29. The zero-order valence-corrected chi connectivity index (χ0v) is 11.0. The number of nitrogens with two attached hydrogens (primary N) is 1. The Morgan fingerprint density at radius 2 is 2.11 bits per heavy atom. The average Bonchev–Trinajstić information content (AvgIpc) is 2.35. The van der Waals surface area contributed by atoms with Crippen molar-refractivity contribution in [3.05, 3.63) is 35.4 Å². The Hall–Kier alpha value is -1.95. The summed E-state index contributed by atoms with van der Waals surface area (Å²) in [4.78, 5) is 11.7. The molecule has 0 radical (unpaired) electrons. The highest BCUT2D eigenvalue weighted by molar-refractivity contribution is 7.80. The number of hydrogen-bond acceptors (Lipinski definition) is 4. The van der Waals surface area contributed by atoms with Gasteiger partial charge in [0.05, 0.1) is 7.11 Å². The van der Waals surface area contributed by atoms with E-state index in [-0.39, 0.29) is 5.11 Å². The molecule has 0 aromatic heterocycles. The molecule has 0 aliphatic rings. The van der Waals surface area contributed by atoms with Gasteiger partial charge in [0.15, 0.2) is 5.11 Å². The summed E-state index contributed by atoms with van der Waals surface area (Å²) in [6.07, 6.45) is 1.41. The van der Waals surface area contributed by atoms with Gasteiger partial charge in [-0.15, -0.1) is 0 Å². The fourth-order valence-corrected chi connectivity index (χ4v) is 1.41. The maximum Gasteiger partial charge on any atom is 0.318 e. The van der Waals surface area contributed by atoms with Gasteiger partial charge >= 0.3 is 5.97 Å². The van der Waals surface area contributed by atoms with E-state index in [1.54, 1.807) is 0 Å². The Kier molecular flexibility index (Phi) is 5.26. The van der Waals surface area contributed by atoms with Crippen LogP contribution in [-0.2, 0) is 9.53 Å². The fraction of sp³-hybridized carbons (Fsp3) is 0.250. The van der Waals surface area contributed by atoms with Crippen molar-refractivity contribution in [2.24, 2.45) is 10.8 Å². The Balaban J connectivity index is 2.91. The van der Waals surface area contributed by atoms with Crippen LogP contribution in [0, 0.1) is 6.92 Å². The normalized spacial score (nSPS) is 12.1. The van der Waals surface area contributed by atoms with E-state index < -0.39 is 11.9 Å². The second-order valence-corrected chi connectivity index (χ2v) is 4.11. The second kappa shape index (κ2) is 6.70. The zero-order valence-electron chi connectivity index (χ0n) is 10.2. The molecule has 1 rings (SSSR count). The van der Waals surface area contributed by atoms with E-state index in [0.29, 0.717) is 0 Å². The minimum atomic E-state index is -0.586. The molecule has 0 saturated heterocycles. The molecule has 1 unspecified atom stereocenters. The number of hydrazone groups is 1. The molecule has 96 valence electrons. The van der Waals surface area contributed by atoms with E-state index in [0.717, 1.165) is 11.1 Å². The summed E-state index contributed by atoms with van der Waals surface area (Å²) in [5.41, 5.74) is 9.55. The van der Waals surface area contributed by atoms with Crippen molar-refractivity contribution in [1.29, 1.82) is 0 Å². The topological polar surface area (TPSA) is 76.7 Å². The Labute approximate surface area is 111 Å². The molecule has 1 atom stereocenters.